The highest BCUT2D eigenvalue weighted by Gasteiger charge is 2.13. The average molecular weight is 501 g/mol. The maximum absolute atomic E-state index is 11.0. The fraction of sp³-hybridized carbons (Fsp3) is 0.120. The van der Waals surface area contributed by atoms with Crippen molar-refractivity contribution in [3.63, 3.8) is 0 Å². The Kier molecular flexibility index (Phi) is 7.09. The first kappa shape index (κ1) is 24.9. The van der Waals surface area contributed by atoms with Crippen molar-refractivity contribution in [3.05, 3.63) is 82.4 Å². The lowest BCUT2D eigenvalue weighted by molar-refractivity contribution is 0.418. The van der Waals surface area contributed by atoms with Crippen LogP contribution in [0.3, 0.4) is 0 Å². The van der Waals surface area contributed by atoms with Gasteiger partial charge in [-0.2, -0.15) is 0 Å². The van der Waals surface area contributed by atoms with Crippen LogP contribution in [0, 0.1) is 0 Å². The van der Waals surface area contributed by atoms with E-state index in [2.05, 4.69) is 39.9 Å². The number of hydrogen-bond acceptors (Lipinski definition) is 8. The van der Waals surface area contributed by atoms with Gasteiger partial charge in [0.15, 0.2) is 0 Å². The predicted octanol–water partition coefficient (Wildman–Crippen LogP) is 3.28. The van der Waals surface area contributed by atoms with Gasteiger partial charge in [0.25, 0.3) is 11.1 Å². The normalized spacial score (nSPS) is 10.4. The van der Waals surface area contributed by atoms with Gasteiger partial charge < -0.3 is 29.4 Å². The predicted molar refractivity (Wildman–Crippen MR) is 140 cm³/mol. The molecular formula is C25H24N8O4. The second kappa shape index (κ2) is 10.6. The quantitative estimate of drug-likeness (QED) is 0.286. The molecule has 188 valence electrons. The molecule has 0 saturated carbocycles. The fourth-order valence-electron chi connectivity index (χ4n) is 3.71. The third-order valence-corrected chi connectivity index (χ3v) is 5.39. The van der Waals surface area contributed by atoms with Crippen LogP contribution in [-0.4, -0.2) is 54.1 Å². The number of hydrogen-bond donors (Lipinski definition) is 4. The van der Waals surface area contributed by atoms with Gasteiger partial charge in [0.05, 0.1) is 50.0 Å². The van der Waals surface area contributed by atoms with Gasteiger partial charge >= 0.3 is 0 Å². The molecule has 0 bridgehead atoms. The van der Waals surface area contributed by atoms with Crippen LogP contribution in [0.2, 0.25) is 0 Å². The summed E-state index contributed by atoms with van der Waals surface area (Å²) in [5, 5.41) is 1.85. The second-order valence-electron chi connectivity index (χ2n) is 7.48. The van der Waals surface area contributed by atoms with E-state index >= 15 is 0 Å². The van der Waals surface area contributed by atoms with Gasteiger partial charge in [-0.3, -0.25) is 9.59 Å². The first-order valence-corrected chi connectivity index (χ1v) is 10.7. The molecule has 0 amide bonds. The Bertz CT molecular complexity index is 1610. The Labute approximate surface area is 209 Å². The van der Waals surface area contributed by atoms with Gasteiger partial charge in [0, 0.05) is 35.6 Å². The maximum atomic E-state index is 11.0. The highest BCUT2D eigenvalue weighted by molar-refractivity contribution is 5.95. The van der Waals surface area contributed by atoms with E-state index in [1.54, 1.807) is 26.6 Å². The lowest BCUT2D eigenvalue weighted by Gasteiger charge is -2.05. The van der Waals surface area contributed by atoms with Gasteiger partial charge in [0.1, 0.15) is 34.3 Å². The van der Waals surface area contributed by atoms with Crippen molar-refractivity contribution >= 4 is 21.8 Å². The molecule has 37 heavy (non-hydrogen) atoms. The summed E-state index contributed by atoms with van der Waals surface area (Å²) in [4.78, 5) is 50.1. The average Bonchev–Trinajstić information content (AvgIpc) is 3.60. The molecule has 0 radical (unpaired) electrons. The van der Waals surface area contributed by atoms with Crippen molar-refractivity contribution in [1.29, 1.82) is 0 Å². The number of ether oxygens (including phenoxy) is 2. The molecule has 0 aliphatic carbocycles. The van der Waals surface area contributed by atoms with E-state index in [4.69, 9.17) is 9.47 Å². The molecule has 0 fully saturated rings. The standard InChI is InChI=1S/2C12H10N4O2.CH4/c2*1-18-9-5-16-12(11-7(9)2-3-13-11)8-4-15-10(17)6-14-8;/h2*2-6,13H,1H3,(H,15,17);1H4. The highest BCUT2D eigenvalue weighted by atomic mass is 16.5. The summed E-state index contributed by atoms with van der Waals surface area (Å²) in [5.74, 6) is 1.39. The first-order valence-electron chi connectivity index (χ1n) is 10.7. The number of nitrogens with one attached hydrogen (secondary N) is 4. The lowest BCUT2D eigenvalue weighted by Crippen LogP contribution is -2.05. The van der Waals surface area contributed by atoms with Crippen LogP contribution < -0.4 is 20.6 Å². The van der Waals surface area contributed by atoms with Gasteiger partial charge in [-0.15, -0.1) is 0 Å². The van der Waals surface area contributed by atoms with Crippen LogP contribution in [0.5, 0.6) is 11.5 Å². The maximum Gasteiger partial charge on any atom is 0.266 e. The summed E-state index contributed by atoms with van der Waals surface area (Å²) in [6.45, 7) is 0. The number of fused-ring (bicyclic) bond motifs is 2. The Balaban J connectivity index is 0.000000168. The number of rotatable bonds is 4. The summed E-state index contributed by atoms with van der Waals surface area (Å²) in [7, 11) is 3.20. The molecule has 0 unspecified atom stereocenters. The van der Waals surface area contributed by atoms with Gasteiger partial charge in [-0.05, 0) is 12.1 Å². The minimum absolute atomic E-state index is 0. The molecule has 0 atom stereocenters. The molecule has 0 aromatic carbocycles. The SMILES string of the molecule is C.COc1cnc(-c2c[nH]c(=O)cn2)c2[nH]ccc12.COc1cnc(-c2c[nH]c(=O)cn2)c2[nH]ccc12. The third kappa shape index (κ3) is 4.80. The van der Waals surface area contributed by atoms with Crippen molar-refractivity contribution < 1.29 is 9.47 Å². The van der Waals surface area contributed by atoms with Gasteiger partial charge in [0.2, 0.25) is 0 Å². The molecule has 4 N–H and O–H groups in total. The smallest absolute Gasteiger partial charge is 0.266 e. The molecule has 6 heterocycles. The molecule has 6 rings (SSSR count). The monoisotopic (exact) mass is 500 g/mol. The van der Waals surface area contributed by atoms with Gasteiger partial charge in [-0.25, -0.2) is 19.9 Å². The number of H-pyrrole nitrogens is 4. The van der Waals surface area contributed by atoms with Crippen molar-refractivity contribution in [2.24, 2.45) is 0 Å². The zero-order chi connectivity index (χ0) is 25.1. The lowest BCUT2D eigenvalue weighted by atomic mass is 10.2. The number of aromatic amines is 4. The molecule has 0 aliphatic heterocycles. The Morgan fingerprint density at radius 2 is 1.05 bits per heavy atom. The van der Waals surface area contributed by atoms with E-state index in [0.29, 0.717) is 34.3 Å². The Hall–Kier alpha value is -5.26. The van der Waals surface area contributed by atoms with E-state index in [1.165, 1.54) is 24.8 Å². The molecular weight excluding hydrogens is 476 g/mol. The number of pyridine rings is 2. The highest BCUT2D eigenvalue weighted by Crippen LogP contribution is 2.31. The first-order chi connectivity index (χ1) is 17.6. The second-order valence-corrected chi connectivity index (χ2v) is 7.48. The van der Waals surface area contributed by atoms with Crippen LogP contribution in [0.1, 0.15) is 7.43 Å². The molecule has 0 spiro atoms. The topological polar surface area (TPSA) is 167 Å². The molecule has 0 aliphatic rings. The molecule has 0 saturated heterocycles. The zero-order valence-electron chi connectivity index (χ0n) is 19.2. The van der Waals surface area contributed by atoms with Crippen LogP contribution >= 0.6 is 0 Å². The Morgan fingerprint density at radius 3 is 1.41 bits per heavy atom. The molecule has 6 aromatic rings. The minimum Gasteiger partial charge on any atom is -0.494 e. The Morgan fingerprint density at radius 1 is 0.622 bits per heavy atom. The third-order valence-electron chi connectivity index (χ3n) is 5.39. The van der Waals surface area contributed by atoms with Crippen molar-refractivity contribution in [3.8, 4) is 34.3 Å². The largest absolute Gasteiger partial charge is 0.494 e. The summed E-state index contributed by atoms with van der Waals surface area (Å²) in [6, 6.07) is 3.82. The summed E-state index contributed by atoms with van der Waals surface area (Å²) in [5.41, 5.74) is 3.72. The van der Waals surface area contributed by atoms with E-state index in [0.717, 1.165) is 21.8 Å². The molecule has 12 heteroatoms. The summed E-state index contributed by atoms with van der Waals surface area (Å²) >= 11 is 0. The molecule has 12 nitrogen and oxygen atoms in total. The number of nitrogens with zero attached hydrogens (tertiary/aromatic N) is 4. The van der Waals surface area contributed by atoms with Crippen molar-refractivity contribution in [2.75, 3.05) is 14.2 Å². The zero-order valence-corrected chi connectivity index (χ0v) is 19.2. The van der Waals surface area contributed by atoms with E-state index in [9.17, 15) is 9.59 Å². The van der Waals surface area contributed by atoms with Crippen LogP contribution in [0.4, 0.5) is 0 Å². The van der Waals surface area contributed by atoms with Crippen molar-refractivity contribution in [1.82, 2.24) is 39.9 Å². The summed E-state index contributed by atoms with van der Waals surface area (Å²) < 4.78 is 10.5. The van der Waals surface area contributed by atoms with E-state index in [1.807, 2.05) is 24.5 Å². The molecule has 6 aromatic heterocycles. The van der Waals surface area contributed by atoms with Crippen LogP contribution in [0.15, 0.2) is 71.3 Å². The fourth-order valence-corrected chi connectivity index (χ4v) is 3.71. The van der Waals surface area contributed by atoms with E-state index < -0.39 is 0 Å². The minimum atomic E-state index is -0.241. The van der Waals surface area contributed by atoms with E-state index in [-0.39, 0.29) is 18.5 Å². The van der Waals surface area contributed by atoms with Crippen LogP contribution in [0.25, 0.3) is 44.6 Å². The van der Waals surface area contributed by atoms with Crippen molar-refractivity contribution in [2.45, 2.75) is 7.43 Å². The number of methoxy groups -OCH3 is 2. The van der Waals surface area contributed by atoms with Crippen LogP contribution in [-0.2, 0) is 0 Å². The number of aromatic nitrogens is 8. The van der Waals surface area contributed by atoms with Gasteiger partial charge in [-0.1, -0.05) is 7.43 Å². The summed E-state index contributed by atoms with van der Waals surface area (Å²) in [6.07, 6.45) is 12.4.